The van der Waals surface area contributed by atoms with Gasteiger partial charge in [-0.25, -0.2) is 4.98 Å². The third-order valence-corrected chi connectivity index (χ3v) is 3.79. The molecule has 0 fully saturated rings. The van der Waals surface area contributed by atoms with Crippen LogP contribution in [0, 0.1) is 6.92 Å². The summed E-state index contributed by atoms with van der Waals surface area (Å²) >= 11 is 0. The molecule has 24 heavy (non-hydrogen) atoms. The number of nitrogens with zero attached hydrogens (tertiary/aromatic N) is 2. The van der Waals surface area contributed by atoms with Crippen LogP contribution in [0.15, 0.2) is 36.4 Å². The molecule has 0 radical (unpaired) electrons. The number of amides is 2. The summed E-state index contributed by atoms with van der Waals surface area (Å²) in [7, 11) is 0. The van der Waals surface area contributed by atoms with Crippen LogP contribution in [-0.2, 0) is 9.59 Å². The minimum absolute atomic E-state index is 0.138. The predicted octanol–water partition coefficient (Wildman–Crippen LogP) is 1.72. The summed E-state index contributed by atoms with van der Waals surface area (Å²) in [6.07, 6.45) is 0. The number of pyridine rings is 1. The second kappa shape index (κ2) is 6.19. The van der Waals surface area contributed by atoms with E-state index in [0.717, 1.165) is 5.56 Å². The van der Waals surface area contributed by atoms with Crippen molar-refractivity contribution in [1.29, 1.82) is 0 Å². The molecule has 124 valence electrons. The van der Waals surface area contributed by atoms with Crippen molar-refractivity contribution in [1.82, 2.24) is 4.98 Å². The summed E-state index contributed by atoms with van der Waals surface area (Å²) < 4.78 is 5.34. The number of hydrogen-bond donors (Lipinski definition) is 2. The summed E-state index contributed by atoms with van der Waals surface area (Å²) in [4.78, 5) is 30.2. The lowest BCUT2D eigenvalue weighted by Gasteiger charge is -2.32. The molecule has 0 saturated heterocycles. The molecular weight excluding hydrogens is 308 g/mol. The second-order valence-corrected chi connectivity index (χ2v) is 5.64. The molecule has 1 aromatic carbocycles. The SMILES string of the molecule is Cc1ccc(NC(=O)C(C)N2C(=O)COc3ccc(N)nc32)cc1. The van der Waals surface area contributed by atoms with E-state index in [1.165, 1.54) is 4.90 Å². The van der Waals surface area contributed by atoms with Crippen LogP contribution in [0.25, 0.3) is 0 Å². The van der Waals surface area contributed by atoms with Gasteiger partial charge in [0, 0.05) is 5.69 Å². The topological polar surface area (TPSA) is 97.5 Å². The van der Waals surface area contributed by atoms with Gasteiger partial charge in [0.05, 0.1) is 0 Å². The Bertz CT molecular complexity index is 789. The lowest BCUT2D eigenvalue weighted by Crippen LogP contribution is -2.50. The zero-order valence-electron chi connectivity index (χ0n) is 13.4. The summed E-state index contributed by atoms with van der Waals surface area (Å²) in [6, 6.07) is 9.90. The van der Waals surface area contributed by atoms with Gasteiger partial charge in [0.1, 0.15) is 11.9 Å². The molecule has 1 aliphatic heterocycles. The van der Waals surface area contributed by atoms with Crippen molar-refractivity contribution in [2.24, 2.45) is 0 Å². The number of hydrogen-bond acceptors (Lipinski definition) is 5. The Morgan fingerprint density at radius 2 is 2.00 bits per heavy atom. The highest BCUT2D eigenvalue weighted by Gasteiger charge is 2.34. The fourth-order valence-corrected chi connectivity index (χ4v) is 2.46. The third kappa shape index (κ3) is 3.01. The van der Waals surface area contributed by atoms with E-state index in [1.54, 1.807) is 19.1 Å². The molecule has 0 spiro atoms. The molecule has 1 atom stereocenters. The average Bonchev–Trinajstić information content (AvgIpc) is 2.56. The summed E-state index contributed by atoms with van der Waals surface area (Å²) in [5, 5.41) is 2.80. The number of carbonyl (C=O) groups excluding carboxylic acids is 2. The highest BCUT2D eigenvalue weighted by Crippen LogP contribution is 2.32. The van der Waals surface area contributed by atoms with Crippen molar-refractivity contribution in [2.75, 3.05) is 22.6 Å². The van der Waals surface area contributed by atoms with Gasteiger partial charge in [-0.1, -0.05) is 17.7 Å². The zero-order valence-corrected chi connectivity index (χ0v) is 13.4. The van der Waals surface area contributed by atoms with Crippen LogP contribution >= 0.6 is 0 Å². The van der Waals surface area contributed by atoms with Crippen LogP contribution in [0.5, 0.6) is 5.75 Å². The number of anilines is 3. The molecule has 2 aromatic rings. The van der Waals surface area contributed by atoms with E-state index in [0.29, 0.717) is 11.4 Å². The van der Waals surface area contributed by atoms with E-state index in [2.05, 4.69) is 10.3 Å². The minimum atomic E-state index is -0.754. The Kier molecular flexibility index (Phi) is 4.07. The first-order chi connectivity index (χ1) is 11.5. The minimum Gasteiger partial charge on any atom is -0.480 e. The Balaban J connectivity index is 1.84. The molecule has 1 aromatic heterocycles. The molecular formula is C17H18N4O3. The van der Waals surface area contributed by atoms with Crippen LogP contribution in [0.4, 0.5) is 17.3 Å². The first-order valence-electron chi connectivity index (χ1n) is 7.54. The molecule has 7 heteroatoms. The molecule has 1 aliphatic rings. The summed E-state index contributed by atoms with van der Waals surface area (Å²) in [5.41, 5.74) is 7.46. The first-order valence-corrected chi connectivity index (χ1v) is 7.54. The quantitative estimate of drug-likeness (QED) is 0.895. The number of ether oxygens (including phenoxy) is 1. The number of aromatic nitrogens is 1. The standard InChI is InChI=1S/C17H18N4O3/c1-10-3-5-12(6-4-10)19-17(23)11(2)21-15(22)9-24-13-7-8-14(18)20-16(13)21/h3-8,11H,9H2,1-2H3,(H2,18,20)(H,19,23). The fraction of sp³-hybridized carbons (Fsp3) is 0.235. The Hall–Kier alpha value is -3.09. The fourth-order valence-electron chi connectivity index (χ4n) is 2.46. The molecule has 7 nitrogen and oxygen atoms in total. The normalized spacial score (nSPS) is 14.6. The van der Waals surface area contributed by atoms with Gasteiger partial charge in [-0.05, 0) is 38.1 Å². The zero-order chi connectivity index (χ0) is 17.3. The van der Waals surface area contributed by atoms with E-state index < -0.39 is 6.04 Å². The van der Waals surface area contributed by atoms with E-state index in [9.17, 15) is 9.59 Å². The Morgan fingerprint density at radius 3 is 2.71 bits per heavy atom. The molecule has 2 amide bonds. The number of carbonyl (C=O) groups is 2. The van der Waals surface area contributed by atoms with Gasteiger partial charge in [-0.2, -0.15) is 0 Å². The third-order valence-electron chi connectivity index (χ3n) is 3.79. The molecule has 0 saturated carbocycles. The molecule has 0 aliphatic carbocycles. The maximum atomic E-state index is 12.5. The van der Waals surface area contributed by atoms with Crippen LogP contribution in [0.1, 0.15) is 12.5 Å². The summed E-state index contributed by atoms with van der Waals surface area (Å²) in [6.45, 7) is 3.47. The summed E-state index contributed by atoms with van der Waals surface area (Å²) in [5.74, 6) is 0.288. The van der Waals surface area contributed by atoms with Crippen LogP contribution < -0.4 is 20.7 Å². The van der Waals surface area contributed by atoms with Crippen molar-refractivity contribution in [3.05, 3.63) is 42.0 Å². The predicted molar refractivity (Wildman–Crippen MR) is 90.9 cm³/mol. The first kappa shape index (κ1) is 15.8. The second-order valence-electron chi connectivity index (χ2n) is 5.64. The van der Waals surface area contributed by atoms with Crippen molar-refractivity contribution in [2.45, 2.75) is 19.9 Å². The van der Waals surface area contributed by atoms with Crippen molar-refractivity contribution in [3.63, 3.8) is 0 Å². The van der Waals surface area contributed by atoms with Gasteiger partial charge in [0.25, 0.3) is 5.91 Å². The average molecular weight is 326 g/mol. The monoisotopic (exact) mass is 326 g/mol. The maximum absolute atomic E-state index is 12.5. The number of rotatable bonds is 3. The number of fused-ring (bicyclic) bond motifs is 1. The van der Waals surface area contributed by atoms with Gasteiger partial charge in [-0.3, -0.25) is 14.5 Å². The molecule has 3 N–H and O–H groups in total. The van der Waals surface area contributed by atoms with Crippen LogP contribution in [-0.4, -0.2) is 29.4 Å². The van der Waals surface area contributed by atoms with E-state index >= 15 is 0 Å². The van der Waals surface area contributed by atoms with Crippen molar-refractivity contribution >= 4 is 29.1 Å². The Labute approximate surface area is 139 Å². The highest BCUT2D eigenvalue weighted by atomic mass is 16.5. The molecule has 3 rings (SSSR count). The van der Waals surface area contributed by atoms with E-state index in [-0.39, 0.29) is 30.1 Å². The van der Waals surface area contributed by atoms with Crippen LogP contribution in [0.2, 0.25) is 0 Å². The molecule has 2 heterocycles. The van der Waals surface area contributed by atoms with Gasteiger partial charge in [-0.15, -0.1) is 0 Å². The van der Waals surface area contributed by atoms with Gasteiger partial charge >= 0.3 is 0 Å². The van der Waals surface area contributed by atoms with Crippen molar-refractivity contribution < 1.29 is 14.3 Å². The largest absolute Gasteiger partial charge is 0.480 e. The van der Waals surface area contributed by atoms with Gasteiger partial charge in [0.15, 0.2) is 18.2 Å². The maximum Gasteiger partial charge on any atom is 0.266 e. The molecule has 1 unspecified atom stereocenters. The number of nitrogens with two attached hydrogens (primary N) is 1. The van der Waals surface area contributed by atoms with E-state index in [4.69, 9.17) is 10.5 Å². The van der Waals surface area contributed by atoms with Gasteiger partial charge < -0.3 is 15.8 Å². The smallest absolute Gasteiger partial charge is 0.266 e. The Morgan fingerprint density at radius 1 is 1.29 bits per heavy atom. The number of nitrogen functional groups attached to an aromatic ring is 1. The number of aryl methyl sites for hydroxylation is 1. The number of benzene rings is 1. The lowest BCUT2D eigenvalue weighted by molar-refractivity contribution is -0.125. The number of nitrogens with one attached hydrogen (secondary N) is 1. The van der Waals surface area contributed by atoms with Gasteiger partial charge in [0.2, 0.25) is 5.91 Å². The molecule has 0 bridgehead atoms. The lowest BCUT2D eigenvalue weighted by atomic mass is 10.2. The van der Waals surface area contributed by atoms with Crippen LogP contribution in [0.3, 0.4) is 0 Å². The van der Waals surface area contributed by atoms with Crippen molar-refractivity contribution in [3.8, 4) is 5.75 Å². The van der Waals surface area contributed by atoms with E-state index in [1.807, 2.05) is 31.2 Å². The highest BCUT2D eigenvalue weighted by molar-refractivity contribution is 6.06.